The lowest BCUT2D eigenvalue weighted by molar-refractivity contribution is 0.0260. The van der Waals surface area contributed by atoms with E-state index in [1.165, 1.54) is 25.9 Å². The maximum Gasteiger partial charge on any atom is 0.315 e. The van der Waals surface area contributed by atoms with Gasteiger partial charge in [-0.05, 0) is 31.8 Å². The van der Waals surface area contributed by atoms with Crippen molar-refractivity contribution in [3.8, 4) is 0 Å². The van der Waals surface area contributed by atoms with Crippen LogP contribution >= 0.6 is 0 Å². The van der Waals surface area contributed by atoms with E-state index in [-0.39, 0.29) is 11.6 Å². The highest BCUT2D eigenvalue weighted by Gasteiger charge is 2.50. The van der Waals surface area contributed by atoms with E-state index in [2.05, 4.69) is 15.5 Å². The fraction of sp³-hybridized carbons (Fsp3) is 0.889. The second-order valence-corrected chi connectivity index (χ2v) is 4.51. The highest BCUT2D eigenvalue weighted by molar-refractivity contribution is 5.77. The SMILES string of the molecule is O=C1NCC2(CN3CCC2CC3)N1. The van der Waals surface area contributed by atoms with Gasteiger partial charge in [0.2, 0.25) is 0 Å². The van der Waals surface area contributed by atoms with Crippen LogP contribution in [-0.2, 0) is 0 Å². The number of nitrogens with one attached hydrogen (secondary N) is 2. The lowest BCUT2D eigenvalue weighted by atomic mass is 9.73. The first kappa shape index (κ1) is 7.62. The van der Waals surface area contributed by atoms with E-state index in [1.54, 1.807) is 0 Å². The largest absolute Gasteiger partial charge is 0.336 e. The van der Waals surface area contributed by atoms with Gasteiger partial charge in [-0.1, -0.05) is 0 Å². The Morgan fingerprint density at radius 1 is 1.38 bits per heavy atom. The highest BCUT2D eigenvalue weighted by atomic mass is 16.2. The van der Waals surface area contributed by atoms with Gasteiger partial charge in [0.15, 0.2) is 0 Å². The third kappa shape index (κ3) is 0.981. The molecule has 2 amide bonds. The molecule has 1 unspecified atom stereocenters. The molecule has 0 aromatic carbocycles. The molecule has 0 saturated carbocycles. The van der Waals surface area contributed by atoms with Crippen LogP contribution < -0.4 is 10.6 Å². The molecule has 4 heterocycles. The quantitative estimate of drug-likeness (QED) is 0.542. The topological polar surface area (TPSA) is 44.4 Å². The van der Waals surface area contributed by atoms with Crippen molar-refractivity contribution in [1.29, 1.82) is 0 Å². The summed E-state index contributed by atoms with van der Waals surface area (Å²) in [7, 11) is 0. The fourth-order valence-corrected chi connectivity index (χ4v) is 3.07. The van der Waals surface area contributed by atoms with Crippen LogP contribution in [0.2, 0.25) is 0 Å². The minimum absolute atomic E-state index is 0.0220. The molecular formula is C9H15N3O. The van der Waals surface area contributed by atoms with Crippen LogP contribution in [0.3, 0.4) is 0 Å². The molecule has 0 aromatic rings. The monoisotopic (exact) mass is 181 g/mol. The van der Waals surface area contributed by atoms with Crippen molar-refractivity contribution >= 4 is 6.03 Å². The summed E-state index contributed by atoms with van der Waals surface area (Å²) in [6.07, 6.45) is 2.50. The van der Waals surface area contributed by atoms with E-state index < -0.39 is 0 Å². The van der Waals surface area contributed by atoms with Crippen molar-refractivity contribution in [2.75, 3.05) is 26.2 Å². The van der Waals surface area contributed by atoms with Gasteiger partial charge in [0.05, 0.1) is 5.54 Å². The second-order valence-electron chi connectivity index (χ2n) is 4.51. The van der Waals surface area contributed by atoms with Crippen LogP contribution in [0.15, 0.2) is 0 Å². The Bertz CT molecular complexity index is 247. The standard InChI is InChI=1S/C9H15N3O/c13-8-10-5-9(11-8)6-12-3-1-7(9)2-4-12/h7H,1-6H2,(H2,10,11,13). The van der Waals surface area contributed by atoms with Gasteiger partial charge >= 0.3 is 6.03 Å². The Morgan fingerprint density at radius 2 is 2.15 bits per heavy atom. The number of amides is 2. The van der Waals surface area contributed by atoms with Crippen LogP contribution in [0.4, 0.5) is 4.79 Å². The Morgan fingerprint density at radius 3 is 2.62 bits per heavy atom. The normalized spacial score (nSPS) is 47.8. The number of hydrogen-bond donors (Lipinski definition) is 2. The number of piperidine rings is 3. The molecule has 4 rings (SSSR count). The van der Waals surface area contributed by atoms with Gasteiger partial charge in [-0.15, -0.1) is 0 Å². The number of carbonyl (C=O) groups is 1. The summed E-state index contributed by atoms with van der Waals surface area (Å²) in [5.41, 5.74) is 0.0770. The van der Waals surface area contributed by atoms with E-state index in [1.807, 2.05) is 0 Å². The van der Waals surface area contributed by atoms with Crippen molar-refractivity contribution in [3.63, 3.8) is 0 Å². The smallest absolute Gasteiger partial charge is 0.315 e. The van der Waals surface area contributed by atoms with Gasteiger partial charge in [0.25, 0.3) is 0 Å². The van der Waals surface area contributed by atoms with Crippen LogP contribution in [0.25, 0.3) is 0 Å². The summed E-state index contributed by atoms with van der Waals surface area (Å²) in [4.78, 5) is 13.6. The summed E-state index contributed by atoms with van der Waals surface area (Å²) in [5.74, 6) is 0.705. The fourth-order valence-electron chi connectivity index (χ4n) is 3.07. The van der Waals surface area contributed by atoms with Gasteiger partial charge in [-0.3, -0.25) is 0 Å². The van der Waals surface area contributed by atoms with Gasteiger partial charge in [0, 0.05) is 13.1 Å². The molecule has 0 radical (unpaired) electrons. The van der Waals surface area contributed by atoms with Crippen molar-refractivity contribution < 1.29 is 4.79 Å². The van der Waals surface area contributed by atoms with Gasteiger partial charge in [-0.25, -0.2) is 4.79 Å². The van der Waals surface area contributed by atoms with E-state index in [9.17, 15) is 4.79 Å². The number of urea groups is 1. The van der Waals surface area contributed by atoms with Crippen LogP contribution in [0, 0.1) is 5.92 Å². The summed E-state index contributed by atoms with van der Waals surface area (Å²) in [5, 5.41) is 6.00. The zero-order valence-corrected chi connectivity index (χ0v) is 7.68. The number of hydrogen-bond acceptors (Lipinski definition) is 2. The number of nitrogens with zero attached hydrogens (tertiary/aromatic N) is 1. The molecule has 72 valence electrons. The second kappa shape index (κ2) is 2.38. The minimum Gasteiger partial charge on any atom is -0.336 e. The molecule has 4 heteroatoms. The molecular weight excluding hydrogens is 166 g/mol. The molecule has 2 bridgehead atoms. The third-order valence-electron chi connectivity index (χ3n) is 3.80. The van der Waals surface area contributed by atoms with Gasteiger partial charge in [-0.2, -0.15) is 0 Å². The molecule has 4 fully saturated rings. The van der Waals surface area contributed by atoms with Crippen LogP contribution in [0.5, 0.6) is 0 Å². The number of rotatable bonds is 0. The molecule has 13 heavy (non-hydrogen) atoms. The predicted octanol–water partition coefficient (Wildman–Crippen LogP) is -0.236. The molecule has 0 aliphatic carbocycles. The Balaban J connectivity index is 1.87. The van der Waals surface area contributed by atoms with Crippen LogP contribution in [-0.4, -0.2) is 42.6 Å². The van der Waals surface area contributed by atoms with E-state index in [0.29, 0.717) is 5.92 Å². The first-order chi connectivity index (χ1) is 6.28. The first-order valence-electron chi connectivity index (χ1n) is 5.07. The van der Waals surface area contributed by atoms with Crippen molar-refractivity contribution in [1.82, 2.24) is 15.5 Å². The minimum atomic E-state index is 0.0220. The average molecular weight is 181 g/mol. The third-order valence-corrected chi connectivity index (χ3v) is 3.80. The summed E-state index contributed by atoms with van der Waals surface area (Å²) >= 11 is 0. The Labute approximate surface area is 77.7 Å². The zero-order chi connectivity index (χ0) is 8.89. The summed E-state index contributed by atoms with van der Waals surface area (Å²) in [6.45, 7) is 4.33. The molecule has 0 aromatic heterocycles. The summed E-state index contributed by atoms with van der Waals surface area (Å²) < 4.78 is 0. The maximum atomic E-state index is 11.2. The molecule has 4 saturated heterocycles. The highest BCUT2D eigenvalue weighted by Crippen LogP contribution is 2.36. The molecule has 4 nitrogen and oxygen atoms in total. The molecule has 1 atom stereocenters. The van der Waals surface area contributed by atoms with E-state index in [0.717, 1.165) is 13.1 Å². The molecule has 1 spiro atoms. The van der Waals surface area contributed by atoms with Gasteiger partial charge in [0.1, 0.15) is 0 Å². The molecule has 2 N–H and O–H groups in total. The zero-order valence-electron chi connectivity index (χ0n) is 7.68. The Hall–Kier alpha value is -0.770. The average Bonchev–Trinajstić information content (AvgIpc) is 2.49. The van der Waals surface area contributed by atoms with Crippen molar-refractivity contribution in [2.24, 2.45) is 5.92 Å². The lowest BCUT2D eigenvalue weighted by Gasteiger charge is -2.50. The molecule has 4 aliphatic rings. The molecule has 4 aliphatic heterocycles. The van der Waals surface area contributed by atoms with Crippen LogP contribution in [0.1, 0.15) is 12.8 Å². The van der Waals surface area contributed by atoms with E-state index >= 15 is 0 Å². The lowest BCUT2D eigenvalue weighted by Crippen LogP contribution is -2.65. The predicted molar refractivity (Wildman–Crippen MR) is 48.4 cm³/mol. The summed E-state index contributed by atoms with van der Waals surface area (Å²) in [6, 6.07) is 0.0220. The van der Waals surface area contributed by atoms with Crippen molar-refractivity contribution in [2.45, 2.75) is 18.4 Å². The van der Waals surface area contributed by atoms with Crippen molar-refractivity contribution in [3.05, 3.63) is 0 Å². The Kier molecular flexibility index (Phi) is 1.39. The number of fused-ring (bicyclic) bond motifs is 2. The van der Waals surface area contributed by atoms with Gasteiger partial charge < -0.3 is 15.5 Å². The first-order valence-corrected chi connectivity index (χ1v) is 5.07. The van der Waals surface area contributed by atoms with E-state index in [4.69, 9.17) is 0 Å². The maximum absolute atomic E-state index is 11.2. The number of carbonyl (C=O) groups excluding carboxylic acids is 1.